The van der Waals surface area contributed by atoms with Gasteiger partial charge in [-0.15, -0.1) is 0 Å². The van der Waals surface area contributed by atoms with Crippen molar-refractivity contribution in [3.63, 3.8) is 0 Å². The van der Waals surface area contributed by atoms with Gasteiger partial charge in [-0.1, -0.05) is 12.1 Å². The molecule has 27 heavy (non-hydrogen) atoms. The minimum absolute atomic E-state index is 0.230. The van der Waals surface area contributed by atoms with Crippen molar-refractivity contribution in [3.05, 3.63) is 47.8 Å². The van der Waals surface area contributed by atoms with Gasteiger partial charge in [0.2, 0.25) is 0 Å². The van der Waals surface area contributed by atoms with Crippen LogP contribution in [-0.2, 0) is 16.6 Å². The van der Waals surface area contributed by atoms with Gasteiger partial charge in [0.15, 0.2) is 5.69 Å². The number of anilines is 1. The number of nitrogens with zero attached hydrogens (tertiary/aromatic N) is 2. The molecule has 0 saturated carbocycles. The van der Waals surface area contributed by atoms with E-state index in [1.54, 1.807) is 6.07 Å². The Morgan fingerprint density at radius 2 is 2.19 bits per heavy atom. The maximum absolute atomic E-state index is 12.5. The third kappa shape index (κ3) is 5.26. The topological polar surface area (TPSA) is 76.0 Å². The van der Waals surface area contributed by atoms with Crippen molar-refractivity contribution < 1.29 is 9.00 Å². The van der Waals surface area contributed by atoms with Gasteiger partial charge in [-0.3, -0.25) is 13.7 Å². The van der Waals surface area contributed by atoms with Crippen molar-refractivity contribution in [2.45, 2.75) is 50.2 Å². The van der Waals surface area contributed by atoms with Gasteiger partial charge in [-0.25, -0.2) is 0 Å². The van der Waals surface area contributed by atoms with Crippen LogP contribution in [0.25, 0.3) is 0 Å². The first-order valence-corrected chi connectivity index (χ1v) is 10.7. The SMILES string of the molecule is CC(C)(C)S(=O)Cc1cccc(NC(=O)c2ccn(C3CCCNC3)n2)c1. The largest absolute Gasteiger partial charge is 0.321 e. The van der Waals surface area contributed by atoms with Crippen LogP contribution in [-0.4, -0.2) is 37.7 Å². The average Bonchev–Trinajstić information content (AvgIpc) is 3.12. The minimum Gasteiger partial charge on any atom is -0.321 e. The van der Waals surface area contributed by atoms with E-state index in [2.05, 4.69) is 15.7 Å². The summed E-state index contributed by atoms with van der Waals surface area (Å²) >= 11 is 0. The van der Waals surface area contributed by atoms with Gasteiger partial charge in [-0.2, -0.15) is 5.10 Å². The molecule has 6 nitrogen and oxygen atoms in total. The summed E-state index contributed by atoms with van der Waals surface area (Å²) in [5.41, 5.74) is 2.04. The van der Waals surface area contributed by atoms with Crippen molar-refractivity contribution in [1.82, 2.24) is 15.1 Å². The van der Waals surface area contributed by atoms with E-state index < -0.39 is 10.8 Å². The second-order valence-electron chi connectivity index (χ2n) is 7.94. The molecular weight excluding hydrogens is 360 g/mol. The zero-order valence-corrected chi connectivity index (χ0v) is 17.0. The van der Waals surface area contributed by atoms with Crippen molar-refractivity contribution in [1.29, 1.82) is 0 Å². The maximum atomic E-state index is 12.5. The maximum Gasteiger partial charge on any atom is 0.276 e. The molecule has 1 amide bonds. The molecule has 0 aliphatic carbocycles. The number of carbonyl (C=O) groups excluding carboxylic acids is 1. The van der Waals surface area contributed by atoms with Gasteiger partial charge in [0.1, 0.15) is 0 Å². The van der Waals surface area contributed by atoms with E-state index in [0.29, 0.717) is 23.2 Å². The first-order chi connectivity index (χ1) is 12.8. The number of hydrogen-bond donors (Lipinski definition) is 2. The van der Waals surface area contributed by atoms with Crippen molar-refractivity contribution in [2.75, 3.05) is 18.4 Å². The predicted octanol–water partition coefficient (Wildman–Crippen LogP) is 3.11. The van der Waals surface area contributed by atoms with Crippen molar-refractivity contribution in [3.8, 4) is 0 Å². The van der Waals surface area contributed by atoms with Gasteiger partial charge in [-0.05, 0) is 63.9 Å². The molecular formula is C20H28N4O2S. The normalized spacial score (nSPS) is 18.9. The Labute approximate surface area is 163 Å². The summed E-state index contributed by atoms with van der Waals surface area (Å²) in [6.45, 7) is 7.82. The first-order valence-electron chi connectivity index (χ1n) is 9.37. The Morgan fingerprint density at radius 3 is 2.89 bits per heavy atom. The van der Waals surface area contributed by atoms with Crippen LogP contribution in [0.2, 0.25) is 0 Å². The minimum atomic E-state index is -0.979. The van der Waals surface area contributed by atoms with Crippen LogP contribution >= 0.6 is 0 Å². The molecule has 2 heterocycles. The second kappa shape index (κ2) is 8.35. The van der Waals surface area contributed by atoms with Gasteiger partial charge >= 0.3 is 0 Å². The van der Waals surface area contributed by atoms with Gasteiger partial charge in [0.05, 0.1) is 6.04 Å². The van der Waals surface area contributed by atoms with Gasteiger partial charge in [0.25, 0.3) is 5.91 Å². The lowest BCUT2D eigenvalue weighted by molar-refractivity contribution is 0.102. The fourth-order valence-electron chi connectivity index (χ4n) is 3.02. The fraction of sp³-hybridized carbons (Fsp3) is 0.500. The Morgan fingerprint density at radius 1 is 1.37 bits per heavy atom. The van der Waals surface area contributed by atoms with E-state index in [1.807, 2.05) is 55.9 Å². The molecule has 1 aromatic carbocycles. The summed E-state index contributed by atoms with van der Waals surface area (Å²) in [6.07, 6.45) is 4.06. The Kier molecular flexibility index (Phi) is 6.11. The lowest BCUT2D eigenvalue weighted by Crippen LogP contribution is -2.32. The van der Waals surface area contributed by atoms with Crippen LogP contribution in [0.15, 0.2) is 36.5 Å². The molecule has 1 fully saturated rings. The Hall–Kier alpha value is -1.99. The zero-order chi connectivity index (χ0) is 19.4. The molecule has 1 aromatic heterocycles. The van der Waals surface area contributed by atoms with Crippen LogP contribution in [0.3, 0.4) is 0 Å². The molecule has 2 unspecified atom stereocenters. The molecule has 0 bridgehead atoms. The third-order valence-electron chi connectivity index (χ3n) is 4.65. The molecule has 2 N–H and O–H groups in total. The highest BCUT2D eigenvalue weighted by atomic mass is 32.2. The molecule has 0 radical (unpaired) electrons. The quantitative estimate of drug-likeness (QED) is 0.825. The lowest BCUT2D eigenvalue weighted by Gasteiger charge is -2.22. The fourth-order valence-corrected chi connectivity index (χ4v) is 3.94. The molecule has 1 aliphatic rings. The summed E-state index contributed by atoms with van der Waals surface area (Å²) in [5, 5.41) is 10.7. The molecule has 7 heteroatoms. The summed E-state index contributed by atoms with van der Waals surface area (Å²) < 4.78 is 14.0. The number of benzene rings is 1. The van der Waals surface area contributed by atoms with Crippen LogP contribution in [0.4, 0.5) is 5.69 Å². The van der Waals surface area contributed by atoms with Gasteiger partial charge < -0.3 is 10.6 Å². The average molecular weight is 389 g/mol. The van der Waals surface area contributed by atoms with Gasteiger partial charge in [0, 0.05) is 39.7 Å². The second-order valence-corrected chi connectivity index (χ2v) is 10.1. The van der Waals surface area contributed by atoms with E-state index in [-0.39, 0.29) is 10.7 Å². The van der Waals surface area contributed by atoms with Crippen LogP contribution in [0, 0.1) is 0 Å². The highest BCUT2D eigenvalue weighted by Gasteiger charge is 2.20. The Bertz CT molecular complexity index is 819. The van der Waals surface area contributed by atoms with E-state index in [4.69, 9.17) is 0 Å². The number of hydrogen-bond acceptors (Lipinski definition) is 4. The highest BCUT2D eigenvalue weighted by Crippen LogP contribution is 2.20. The summed E-state index contributed by atoms with van der Waals surface area (Å²) in [5.74, 6) is 0.239. The third-order valence-corrected chi connectivity index (χ3v) is 6.61. The molecule has 3 rings (SSSR count). The summed E-state index contributed by atoms with van der Waals surface area (Å²) in [7, 11) is -0.979. The van der Waals surface area contributed by atoms with Crippen LogP contribution in [0.1, 0.15) is 55.7 Å². The summed E-state index contributed by atoms with van der Waals surface area (Å²) in [4.78, 5) is 12.5. The van der Waals surface area contributed by atoms with Crippen LogP contribution < -0.4 is 10.6 Å². The number of aromatic nitrogens is 2. The highest BCUT2D eigenvalue weighted by molar-refractivity contribution is 7.85. The van der Waals surface area contributed by atoms with E-state index >= 15 is 0 Å². The molecule has 2 atom stereocenters. The number of carbonyl (C=O) groups is 1. The molecule has 1 aliphatic heterocycles. The number of amides is 1. The zero-order valence-electron chi connectivity index (χ0n) is 16.2. The lowest BCUT2D eigenvalue weighted by atomic mass is 10.1. The summed E-state index contributed by atoms with van der Waals surface area (Å²) in [6, 6.07) is 9.58. The van der Waals surface area contributed by atoms with E-state index in [9.17, 15) is 9.00 Å². The smallest absolute Gasteiger partial charge is 0.276 e. The molecule has 1 saturated heterocycles. The van der Waals surface area contributed by atoms with Crippen molar-refractivity contribution >= 4 is 22.4 Å². The Balaban J connectivity index is 1.65. The molecule has 146 valence electrons. The molecule has 2 aromatic rings. The van der Waals surface area contributed by atoms with E-state index in [1.165, 1.54) is 0 Å². The number of piperidine rings is 1. The van der Waals surface area contributed by atoms with Crippen molar-refractivity contribution in [2.24, 2.45) is 0 Å². The predicted molar refractivity (Wildman–Crippen MR) is 109 cm³/mol. The van der Waals surface area contributed by atoms with Crippen LogP contribution in [0.5, 0.6) is 0 Å². The monoisotopic (exact) mass is 388 g/mol. The first kappa shape index (κ1) is 19.8. The molecule has 0 spiro atoms. The standard InChI is InChI=1S/C20H28N4O2S/c1-20(2,3)27(26)14-15-6-4-7-16(12-15)22-19(25)18-9-11-24(23-18)17-8-5-10-21-13-17/h4,6-7,9,11-12,17,21H,5,8,10,13-14H2,1-3H3,(H,22,25). The number of nitrogens with one attached hydrogen (secondary N) is 2. The number of rotatable bonds is 5. The van der Waals surface area contributed by atoms with E-state index in [0.717, 1.165) is 31.5 Å².